The number of alkyl halides is 3. The number of H-pyrrole nitrogens is 1. The van der Waals surface area contributed by atoms with Crippen molar-refractivity contribution in [3.63, 3.8) is 0 Å². The summed E-state index contributed by atoms with van der Waals surface area (Å²) < 4.78 is 57.6. The zero-order chi connectivity index (χ0) is 26.9. The van der Waals surface area contributed by atoms with Gasteiger partial charge in [0, 0.05) is 17.3 Å². The SMILES string of the molecule is CC1(C)OC[C@@H](COc2cccc(NC(=O)Cc3cccc4[nH]c(-c5ccccc5C(F)(F)F)nc34)c2)O1. The van der Waals surface area contributed by atoms with Crippen LogP contribution in [0.2, 0.25) is 0 Å². The monoisotopic (exact) mass is 525 g/mol. The van der Waals surface area contributed by atoms with Crippen molar-refractivity contribution in [2.75, 3.05) is 18.5 Å². The quantitative estimate of drug-likeness (QED) is 0.311. The topological polar surface area (TPSA) is 85.5 Å². The molecule has 0 saturated carbocycles. The van der Waals surface area contributed by atoms with Crippen molar-refractivity contribution in [2.24, 2.45) is 0 Å². The van der Waals surface area contributed by atoms with E-state index in [9.17, 15) is 18.0 Å². The van der Waals surface area contributed by atoms with E-state index in [0.717, 1.165) is 6.07 Å². The molecule has 5 rings (SSSR count). The fourth-order valence-electron chi connectivity index (χ4n) is 4.37. The van der Waals surface area contributed by atoms with E-state index in [4.69, 9.17) is 14.2 Å². The number of aromatic nitrogens is 2. The number of fused-ring (bicyclic) bond motifs is 1. The molecule has 0 spiro atoms. The van der Waals surface area contributed by atoms with Crippen LogP contribution in [0.15, 0.2) is 66.7 Å². The van der Waals surface area contributed by atoms with Gasteiger partial charge in [-0.3, -0.25) is 4.79 Å². The molecule has 1 saturated heterocycles. The van der Waals surface area contributed by atoms with E-state index in [1.54, 1.807) is 42.5 Å². The van der Waals surface area contributed by atoms with Gasteiger partial charge >= 0.3 is 6.18 Å². The lowest BCUT2D eigenvalue weighted by Gasteiger charge is -2.17. The predicted octanol–water partition coefficient (Wildman–Crippen LogP) is 5.96. The summed E-state index contributed by atoms with van der Waals surface area (Å²) in [4.78, 5) is 20.2. The highest BCUT2D eigenvalue weighted by Gasteiger charge is 2.34. The highest BCUT2D eigenvalue weighted by molar-refractivity contribution is 5.95. The van der Waals surface area contributed by atoms with E-state index < -0.39 is 17.5 Å². The van der Waals surface area contributed by atoms with Gasteiger partial charge in [0.1, 0.15) is 24.3 Å². The van der Waals surface area contributed by atoms with Crippen LogP contribution in [0, 0.1) is 0 Å². The second kappa shape index (κ2) is 10.1. The Kier molecular flexibility index (Phi) is 6.85. The highest BCUT2D eigenvalue weighted by Crippen LogP contribution is 2.36. The molecule has 10 heteroatoms. The number of hydrogen-bond donors (Lipinski definition) is 2. The first kappa shape index (κ1) is 25.7. The van der Waals surface area contributed by atoms with E-state index in [2.05, 4.69) is 15.3 Å². The van der Waals surface area contributed by atoms with Crippen LogP contribution >= 0.6 is 0 Å². The number of halogens is 3. The summed E-state index contributed by atoms with van der Waals surface area (Å²) in [6.07, 6.45) is -4.73. The van der Waals surface area contributed by atoms with Crippen molar-refractivity contribution >= 4 is 22.6 Å². The Balaban J connectivity index is 1.28. The smallest absolute Gasteiger partial charge is 0.417 e. The third kappa shape index (κ3) is 5.81. The third-order valence-corrected chi connectivity index (χ3v) is 6.06. The average Bonchev–Trinajstić information content (AvgIpc) is 3.46. The molecule has 1 amide bonds. The zero-order valence-corrected chi connectivity index (χ0v) is 20.8. The number of nitrogens with one attached hydrogen (secondary N) is 2. The van der Waals surface area contributed by atoms with Crippen molar-refractivity contribution in [1.82, 2.24) is 9.97 Å². The predicted molar refractivity (Wildman–Crippen MR) is 136 cm³/mol. The van der Waals surface area contributed by atoms with E-state index in [1.807, 2.05) is 13.8 Å². The molecule has 2 heterocycles. The minimum Gasteiger partial charge on any atom is -0.491 e. The van der Waals surface area contributed by atoms with Crippen LogP contribution in [0.25, 0.3) is 22.4 Å². The van der Waals surface area contributed by atoms with Crippen LogP contribution in [0.4, 0.5) is 18.9 Å². The van der Waals surface area contributed by atoms with Crippen LogP contribution in [0.1, 0.15) is 25.0 Å². The van der Waals surface area contributed by atoms with Gasteiger partial charge in [-0.25, -0.2) is 4.98 Å². The molecule has 7 nitrogen and oxygen atoms in total. The molecule has 1 aliphatic rings. The van der Waals surface area contributed by atoms with Crippen LogP contribution < -0.4 is 10.1 Å². The van der Waals surface area contributed by atoms with Gasteiger partial charge < -0.3 is 24.5 Å². The Bertz CT molecular complexity index is 1470. The lowest BCUT2D eigenvalue weighted by Crippen LogP contribution is -2.25. The van der Waals surface area contributed by atoms with Crippen molar-refractivity contribution in [3.05, 3.63) is 77.9 Å². The van der Waals surface area contributed by atoms with Gasteiger partial charge in [0.15, 0.2) is 5.79 Å². The summed E-state index contributed by atoms with van der Waals surface area (Å²) >= 11 is 0. The molecule has 0 aliphatic carbocycles. The fourth-order valence-corrected chi connectivity index (χ4v) is 4.37. The first-order valence-corrected chi connectivity index (χ1v) is 12.1. The number of amides is 1. The number of nitrogens with zero attached hydrogens (tertiary/aromatic N) is 1. The maximum atomic E-state index is 13.5. The lowest BCUT2D eigenvalue weighted by molar-refractivity contribution is -0.141. The maximum Gasteiger partial charge on any atom is 0.417 e. The summed E-state index contributed by atoms with van der Waals surface area (Å²) in [7, 11) is 0. The number of benzene rings is 3. The van der Waals surface area contributed by atoms with Gasteiger partial charge in [0.05, 0.1) is 29.6 Å². The van der Waals surface area contributed by atoms with Crippen molar-refractivity contribution in [1.29, 1.82) is 0 Å². The van der Waals surface area contributed by atoms with Crippen molar-refractivity contribution in [3.8, 4) is 17.1 Å². The summed E-state index contributed by atoms with van der Waals surface area (Å²) in [6, 6.07) is 17.4. The highest BCUT2D eigenvalue weighted by atomic mass is 19.4. The molecule has 2 N–H and O–H groups in total. The Morgan fingerprint density at radius 3 is 2.68 bits per heavy atom. The molecule has 4 aromatic rings. The standard InChI is InChI=1S/C28H26F3N3O4/c1-27(2)37-16-20(38-27)15-36-19-9-6-8-18(14-19)32-24(35)13-17-7-5-12-23-25(17)34-26(33-23)21-10-3-4-11-22(21)28(29,30)31/h3-12,14,20H,13,15-16H2,1-2H3,(H,32,35)(H,33,34)/t20-/m1/s1. The number of rotatable bonds is 7. The third-order valence-electron chi connectivity index (χ3n) is 6.06. The molecule has 0 bridgehead atoms. The van der Waals surface area contributed by atoms with Crippen molar-refractivity contribution in [2.45, 2.75) is 38.3 Å². The number of ether oxygens (including phenoxy) is 3. The number of para-hydroxylation sites is 1. The maximum absolute atomic E-state index is 13.5. The van der Waals surface area contributed by atoms with Crippen LogP contribution in [-0.4, -0.2) is 41.0 Å². The number of carbonyl (C=O) groups excluding carboxylic acids is 1. The molecule has 1 fully saturated rings. The molecule has 3 aromatic carbocycles. The second-order valence-corrected chi connectivity index (χ2v) is 9.46. The number of anilines is 1. The normalized spacial score (nSPS) is 17.0. The molecule has 0 unspecified atom stereocenters. The van der Waals surface area contributed by atoms with Crippen molar-refractivity contribution < 1.29 is 32.2 Å². The van der Waals surface area contributed by atoms with Crippen LogP contribution in [0.3, 0.4) is 0 Å². The number of hydrogen-bond acceptors (Lipinski definition) is 5. The first-order chi connectivity index (χ1) is 18.1. The van der Waals surface area contributed by atoms with E-state index in [0.29, 0.717) is 41.2 Å². The molecule has 38 heavy (non-hydrogen) atoms. The van der Waals surface area contributed by atoms with E-state index in [1.165, 1.54) is 18.2 Å². The largest absolute Gasteiger partial charge is 0.491 e. The molecular weight excluding hydrogens is 499 g/mol. The van der Waals surface area contributed by atoms with E-state index >= 15 is 0 Å². The van der Waals surface area contributed by atoms with Gasteiger partial charge in [-0.2, -0.15) is 13.2 Å². The van der Waals surface area contributed by atoms with Crippen LogP contribution in [0.5, 0.6) is 5.75 Å². The molecule has 0 radical (unpaired) electrons. The molecule has 1 aromatic heterocycles. The average molecular weight is 526 g/mol. The van der Waals surface area contributed by atoms with Gasteiger partial charge in [-0.05, 0) is 43.7 Å². The zero-order valence-electron chi connectivity index (χ0n) is 20.8. The molecule has 198 valence electrons. The Labute approximate surface area is 216 Å². The Morgan fingerprint density at radius 2 is 1.92 bits per heavy atom. The fraction of sp³-hybridized carbons (Fsp3) is 0.286. The number of aromatic amines is 1. The van der Waals surface area contributed by atoms with Gasteiger partial charge in [0.25, 0.3) is 0 Å². The summed E-state index contributed by atoms with van der Waals surface area (Å²) in [5.74, 6) is -0.280. The Hall–Kier alpha value is -3.89. The Morgan fingerprint density at radius 1 is 1.13 bits per heavy atom. The van der Waals surface area contributed by atoms with Crippen LogP contribution in [-0.2, 0) is 26.9 Å². The molecule has 1 aliphatic heterocycles. The minimum absolute atomic E-state index is 0.0179. The van der Waals surface area contributed by atoms with E-state index in [-0.39, 0.29) is 29.8 Å². The van der Waals surface area contributed by atoms with Gasteiger partial charge in [-0.15, -0.1) is 0 Å². The summed E-state index contributed by atoms with van der Waals surface area (Å²) in [5.41, 5.74) is 1.27. The minimum atomic E-state index is -4.52. The summed E-state index contributed by atoms with van der Waals surface area (Å²) in [5, 5.41) is 2.84. The number of imidazole rings is 1. The molecule has 1 atom stereocenters. The summed E-state index contributed by atoms with van der Waals surface area (Å²) in [6.45, 7) is 4.43. The van der Waals surface area contributed by atoms with Gasteiger partial charge in [-0.1, -0.05) is 36.4 Å². The first-order valence-electron chi connectivity index (χ1n) is 12.1. The lowest BCUT2D eigenvalue weighted by atomic mass is 10.1. The number of carbonyl (C=O) groups is 1. The second-order valence-electron chi connectivity index (χ2n) is 9.46. The van der Waals surface area contributed by atoms with Gasteiger partial charge in [0.2, 0.25) is 5.91 Å². The molecular formula is C28H26F3N3O4.